The van der Waals surface area contributed by atoms with Gasteiger partial charge in [0.2, 0.25) is 0 Å². The first kappa shape index (κ1) is 12.1. The maximum Gasteiger partial charge on any atom is 0.325 e. The fourth-order valence-electron chi connectivity index (χ4n) is 1.18. The summed E-state index contributed by atoms with van der Waals surface area (Å²) in [7, 11) is 0. The maximum atomic E-state index is 10.7. The summed E-state index contributed by atoms with van der Waals surface area (Å²) >= 11 is 3.04. The molecule has 0 aromatic heterocycles. The molecule has 0 spiro atoms. The molecule has 0 fully saturated rings. The maximum absolute atomic E-state index is 10.7. The Balaban J connectivity index is 3.38. The lowest BCUT2D eigenvalue weighted by atomic mass is 9.99. The Morgan fingerprint density at radius 2 is 2.25 bits per heavy atom. The molecule has 1 rings (SSSR count). The fraction of sp³-hybridized carbons (Fsp3) is 0.111. The van der Waals surface area contributed by atoms with Crippen LogP contribution in [0.15, 0.2) is 22.7 Å². The molecule has 0 heterocycles. The number of rotatable bonds is 3. The highest BCUT2D eigenvalue weighted by Gasteiger charge is 2.27. The van der Waals surface area contributed by atoms with Gasteiger partial charge in [-0.05, 0) is 12.1 Å². The Labute approximate surface area is 98.4 Å². The van der Waals surface area contributed by atoms with Gasteiger partial charge in [0.15, 0.2) is 5.92 Å². The van der Waals surface area contributed by atoms with Gasteiger partial charge in [-0.15, -0.1) is 0 Å². The van der Waals surface area contributed by atoms with Crippen molar-refractivity contribution in [2.45, 2.75) is 5.92 Å². The highest BCUT2D eigenvalue weighted by Crippen LogP contribution is 2.29. The van der Waals surface area contributed by atoms with Crippen LogP contribution in [0.2, 0.25) is 0 Å². The van der Waals surface area contributed by atoms with Gasteiger partial charge in [-0.1, -0.05) is 15.9 Å². The van der Waals surface area contributed by atoms with Crippen LogP contribution in [0.25, 0.3) is 0 Å². The minimum absolute atomic E-state index is 0.122. The normalized spacial score (nSPS) is 11.5. The number of hydrogen-bond acceptors (Lipinski definition) is 4. The number of benzene rings is 1. The number of carboxylic acid groups (broad SMARTS) is 1. The third-order valence-corrected chi connectivity index (χ3v) is 2.37. The molecule has 1 atom stereocenters. The van der Waals surface area contributed by atoms with E-state index in [1.165, 1.54) is 24.3 Å². The number of aliphatic carboxylic acids is 1. The molecule has 0 bridgehead atoms. The second kappa shape index (κ2) is 4.72. The highest BCUT2D eigenvalue weighted by atomic mass is 79.9. The second-order valence-electron chi connectivity index (χ2n) is 2.86. The number of halogens is 1. The van der Waals surface area contributed by atoms with Crippen LogP contribution >= 0.6 is 15.9 Å². The van der Waals surface area contributed by atoms with Gasteiger partial charge in [-0.3, -0.25) is 14.9 Å². The van der Waals surface area contributed by atoms with Gasteiger partial charge in [0.1, 0.15) is 0 Å². The molecule has 82 valence electrons. The van der Waals surface area contributed by atoms with Crippen molar-refractivity contribution in [2.24, 2.45) is 0 Å². The van der Waals surface area contributed by atoms with Crippen molar-refractivity contribution < 1.29 is 14.8 Å². The molecule has 0 aliphatic rings. The molecule has 0 saturated heterocycles. The van der Waals surface area contributed by atoms with Gasteiger partial charge in [0, 0.05) is 10.5 Å². The van der Waals surface area contributed by atoms with Gasteiger partial charge >= 0.3 is 5.97 Å². The number of nitrogens with zero attached hydrogens (tertiary/aromatic N) is 2. The standard InChI is InChI=1S/C9H5BrN2O4/c10-5-1-2-6(7(4-11)9(13)14)8(3-5)12(15)16/h1-3,7H,(H,13,14). The number of nitro benzene ring substituents is 1. The van der Waals surface area contributed by atoms with E-state index in [2.05, 4.69) is 15.9 Å². The molecule has 0 radical (unpaired) electrons. The fourth-order valence-corrected chi connectivity index (χ4v) is 1.53. The SMILES string of the molecule is N#CC(C(=O)O)c1ccc(Br)cc1[N+](=O)[O-]. The summed E-state index contributed by atoms with van der Waals surface area (Å²) in [5, 5.41) is 28.1. The molecular weight excluding hydrogens is 280 g/mol. The third-order valence-electron chi connectivity index (χ3n) is 1.88. The lowest BCUT2D eigenvalue weighted by Crippen LogP contribution is -2.11. The molecule has 7 heteroatoms. The minimum Gasteiger partial charge on any atom is -0.480 e. The van der Waals surface area contributed by atoms with E-state index >= 15 is 0 Å². The van der Waals surface area contributed by atoms with Crippen LogP contribution in [-0.4, -0.2) is 16.0 Å². The summed E-state index contributed by atoms with van der Waals surface area (Å²) in [5.74, 6) is -2.94. The number of carbonyl (C=O) groups is 1. The van der Waals surface area contributed by atoms with Gasteiger partial charge in [-0.25, -0.2) is 0 Å². The Bertz CT molecular complexity index is 495. The zero-order chi connectivity index (χ0) is 12.3. The Morgan fingerprint density at radius 3 is 2.69 bits per heavy atom. The quantitative estimate of drug-likeness (QED) is 0.676. The average Bonchev–Trinajstić information content (AvgIpc) is 2.20. The van der Waals surface area contributed by atoms with Crippen molar-refractivity contribution in [3.8, 4) is 6.07 Å². The molecule has 6 nitrogen and oxygen atoms in total. The van der Waals surface area contributed by atoms with Crippen molar-refractivity contribution in [1.82, 2.24) is 0 Å². The van der Waals surface area contributed by atoms with E-state index in [0.29, 0.717) is 4.47 Å². The van der Waals surface area contributed by atoms with E-state index in [0.717, 1.165) is 0 Å². The Hall–Kier alpha value is -1.94. The van der Waals surface area contributed by atoms with Crippen LogP contribution in [0, 0.1) is 21.4 Å². The molecule has 16 heavy (non-hydrogen) atoms. The summed E-state index contributed by atoms with van der Waals surface area (Å²) in [5.41, 5.74) is -0.508. The monoisotopic (exact) mass is 284 g/mol. The minimum atomic E-state index is -1.53. The predicted octanol–water partition coefficient (Wildman–Crippen LogP) is 2.05. The van der Waals surface area contributed by atoms with Crippen molar-refractivity contribution in [2.75, 3.05) is 0 Å². The molecular formula is C9H5BrN2O4. The van der Waals surface area contributed by atoms with E-state index in [1.807, 2.05) is 0 Å². The first-order valence-electron chi connectivity index (χ1n) is 4.03. The van der Waals surface area contributed by atoms with Gasteiger partial charge in [-0.2, -0.15) is 5.26 Å². The topological polar surface area (TPSA) is 104 Å². The van der Waals surface area contributed by atoms with E-state index in [4.69, 9.17) is 10.4 Å². The summed E-state index contributed by atoms with van der Waals surface area (Å²) < 4.78 is 0.449. The van der Waals surface area contributed by atoms with Crippen molar-refractivity contribution in [3.05, 3.63) is 38.3 Å². The van der Waals surface area contributed by atoms with Gasteiger partial charge in [0.05, 0.1) is 16.6 Å². The molecule has 1 unspecified atom stereocenters. The second-order valence-corrected chi connectivity index (χ2v) is 3.78. The number of carboxylic acids is 1. The predicted molar refractivity (Wildman–Crippen MR) is 56.8 cm³/mol. The Morgan fingerprint density at radius 1 is 1.62 bits per heavy atom. The summed E-state index contributed by atoms with van der Waals surface area (Å²) in [6, 6.07) is 5.39. The van der Waals surface area contributed by atoms with Gasteiger partial charge in [0.25, 0.3) is 5.69 Å². The first-order valence-corrected chi connectivity index (χ1v) is 4.83. The number of nitro groups is 1. The number of nitriles is 1. The van der Waals surface area contributed by atoms with E-state index in [9.17, 15) is 14.9 Å². The van der Waals surface area contributed by atoms with Crippen LogP contribution in [-0.2, 0) is 4.79 Å². The van der Waals surface area contributed by atoms with Crippen LogP contribution in [0.1, 0.15) is 11.5 Å². The lowest BCUT2D eigenvalue weighted by molar-refractivity contribution is -0.385. The highest BCUT2D eigenvalue weighted by molar-refractivity contribution is 9.10. The average molecular weight is 285 g/mol. The van der Waals surface area contributed by atoms with E-state index in [-0.39, 0.29) is 11.3 Å². The molecule has 1 N–H and O–H groups in total. The zero-order valence-corrected chi connectivity index (χ0v) is 9.34. The molecule has 0 aliphatic carbocycles. The molecule has 0 saturated carbocycles. The van der Waals surface area contributed by atoms with Crippen LogP contribution in [0.4, 0.5) is 5.69 Å². The summed E-state index contributed by atoms with van der Waals surface area (Å²) in [6.45, 7) is 0. The molecule has 1 aromatic rings. The number of hydrogen-bond donors (Lipinski definition) is 1. The molecule has 0 aliphatic heterocycles. The summed E-state index contributed by atoms with van der Waals surface area (Å²) in [4.78, 5) is 20.7. The van der Waals surface area contributed by atoms with E-state index in [1.54, 1.807) is 0 Å². The van der Waals surface area contributed by atoms with Crippen LogP contribution in [0.3, 0.4) is 0 Å². The van der Waals surface area contributed by atoms with E-state index < -0.39 is 16.8 Å². The van der Waals surface area contributed by atoms with Crippen LogP contribution < -0.4 is 0 Å². The first-order chi connectivity index (χ1) is 7.47. The lowest BCUT2D eigenvalue weighted by Gasteiger charge is -2.05. The molecule has 0 amide bonds. The summed E-state index contributed by atoms with van der Waals surface area (Å²) in [6.07, 6.45) is 0. The smallest absolute Gasteiger partial charge is 0.325 e. The van der Waals surface area contributed by atoms with Crippen LogP contribution in [0.5, 0.6) is 0 Å². The third kappa shape index (κ3) is 2.35. The Kier molecular flexibility index (Phi) is 3.58. The van der Waals surface area contributed by atoms with Crippen molar-refractivity contribution in [3.63, 3.8) is 0 Å². The van der Waals surface area contributed by atoms with Crippen molar-refractivity contribution in [1.29, 1.82) is 5.26 Å². The van der Waals surface area contributed by atoms with Crippen molar-refractivity contribution >= 4 is 27.6 Å². The molecule has 1 aromatic carbocycles. The largest absolute Gasteiger partial charge is 0.480 e. The van der Waals surface area contributed by atoms with Gasteiger partial charge < -0.3 is 5.11 Å². The zero-order valence-electron chi connectivity index (χ0n) is 7.75.